The molecule has 1 spiro atoms. The number of hydrogen-bond donors (Lipinski definition) is 1. The topological polar surface area (TPSA) is 47.6 Å². The van der Waals surface area contributed by atoms with Crippen molar-refractivity contribution in [2.45, 2.75) is 56.5 Å². The number of carbonyl (C=O) groups excluding carboxylic acids is 1. The van der Waals surface area contributed by atoms with E-state index in [2.05, 4.69) is 5.32 Å². The Balaban J connectivity index is 1.87. The van der Waals surface area contributed by atoms with Crippen molar-refractivity contribution in [2.75, 3.05) is 13.2 Å². The number of nitrogens with one attached hydrogen (secondary N) is 1. The summed E-state index contributed by atoms with van der Waals surface area (Å²) in [4.78, 5) is 11.5. The molecule has 0 bridgehead atoms. The lowest BCUT2D eigenvalue weighted by molar-refractivity contribution is -0.179. The number of amides is 1. The van der Waals surface area contributed by atoms with Crippen molar-refractivity contribution in [3.05, 3.63) is 35.4 Å². The summed E-state index contributed by atoms with van der Waals surface area (Å²) < 4.78 is 50.7. The average Bonchev–Trinajstić information content (AvgIpc) is 2.54. The lowest BCUT2D eigenvalue weighted by Crippen LogP contribution is -2.51. The van der Waals surface area contributed by atoms with Crippen molar-refractivity contribution in [1.29, 1.82) is 0 Å². The average molecular weight is 357 g/mol. The molecular weight excluding hydrogens is 335 g/mol. The third-order valence-electron chi connectivity index (χ3n) is 4.91. The molecule has 2 aliphatic rings. The van der Waals surface area contributed by atoms with E-state index in [1.807, 2.05) is 0 Å². The van der Waals surface area contributed by atoms with Gasteiger partial charge in [-0.25, -0.2) is 0 Å². The number of rotatable bonds is 2. The van der Waals surface area contributed by atoms with Gasteiger partial charge in [-0.1, -0.05) is 12.1 Å². The first-order chi connectivity index (χ1) is 11.8. The van der Waals surface area contributed by atoms with Crippen LogP contribution in [0.25, 0.3) is 0 Å². The van der Waals surface area contributed by atoms with Gasteiger partial charge in [-0.2, -0.15) is 13.2 Å². The van der Waals surface area contributed by atoms with E-state index in [1.165, 1.54) is 13.0 Å². The number of halogens is 3. The second kappa shape index (κ2) is 6.96. The zero-order valence-electron chi connectivity index (χ0n) is 14.1. The maximum atomic E-state index is 13.0. The Morgan fingerprint density at radius 2 is 2.00 bits per heavy atom. The van der Waals surface area contributed by atoms with Crippen molar-refractivity contribution in [1.82, 2.24) is 5.32 Å². The lowest BCUT2D eigenvalue weighted by Gasteiger charge is -2.47. The molecule has 138 valence electrons. The van der Waals surface area contributed by atoms with E-state index < -0.39 is 23.4 Å². The number of ether oxygens (including phenoxy) is 2. The number of carbonyl (C=O) groups is 1. The molecule has 2 aliphatic heterocycles. The van der Waals surface area contributed by atoms with Gasteiger partial charge in [0, 0.05) is 26.2 Å². The van der Waals surface area contributed by atoms with Gasteiger partial charge in [-0.15, -0.1) is 0 Å². The highest BCUT2D eigenvalue weighted by molar-refractivity contribution is 5.73. The van der Waals surface area contributed by atoms with Crippen LogP contribution in [0.2, 0.25) is 0 Å². The molecule has 1 aromatic rings. The minimum absolute atomic E-state index is 0.121. The summed E-state index contributed by atoms with van der Waals surface area (Å²) in [5.74, 6) is -0.142. The summed E-state index contributed by atoms with van der Waals surface area (Å²) >= 11 is 0. The van der Waals surface area contributed by atoms with Gasteiger partial charge in [0.1, 0.15) is 0 Å². The van der Waals surface area contributed by atoms with Gasteiger partial charge >= 0.3 is 6.18 Å². The zero-order chi connectivity index (χ0) is 18.1. The molecule has 2 saturated heterocycles. The summed E-state index contributed by atoms with van der Waals surface area (Å²) in [5, 5.41) is 2.92. The minimum atomic E-state index is -4.39. The molecule has 0 aliphatic carbocycles. The molecule has 0 saturated carbocycles. The Bertz CT molecular complexity index is 626. The lowest BCUT2D eigenvalue weighted by atomic mass is 9.81. The highest BCUT2D eigenvalue weighted by atomic mass is 19.4. The van der Waals surface area contributed by atoms with E-state index in [-0.39, 0.29) is 11.9 Å². The van der Waals surface area contributed by atoms with Crippen molar-refractivity contribution < 1.29 is 27.4 Å². The normalized spacial score (nSPS) is 26.4. The van der Waals surface area contributed by atoms with Crippen LogP contribution in [0.1, 0.15) is 49.8 Å². The summed E-state index contributed by atoms with van der Waals surface area (Å²) in [6.07, 6.45) is -2.39. The molecule has 3 rings (SSSR count). The van der Waals surface area contributed by atoms with Crippen LogP contribution in [0.15, 0.2) is 24.3 Å². The van der Waals surface area contributed by atoms with E-state index in [0.717, 1.165) is 12.1 Å². The van der Waals surface area contributed by atoms with Gasteiger partial charge in [-0.3, -0.25) is 4.79 Å². The third-order valence-corrected chi connectivity index (χ3v) is 4.91. The van der Waals surface area contributed by atoms with Crippen LogP contribution in [-0.2, 0) is 20.4 Å². The van der Waals surface area contributed by atoms with E-state index >= 15 is 0 Å². The molecule has 0 unspecified atom stereocenters. The van der Waals surface area contributed by atoms with E-state index in [1.54, 1.807) is 6.07 Å². The predicted molar refractivity (Wildman–Crippen MR) is 84.9 cm³/mol. The summed E-state index contributed by atoms with van der Waals surface area (Å²) in [7, 11) is 0. The fourth-order valence-corrected chi connectivity index (χ4v) is 3.77. The van der Waals surface area contributed by atoms with Crippen molar-refractivity contribution >= 4 is 5.91 Å². The second-order valence-corrected chi connectivity index (χ2v) is 6.86. The second-order valence-electron chi connectivity index (χ2n) is 6.86. The van der Waals surface area contributed by atoms with Gasteiger partial charge in [0.2, 0.25) is 5.91 Å². The van der Waals surface area contributed by atoms with Crippen LogP contribution in [-0.4, -0.2) is 30.8 Å². The van der Waals surface area contributed by atoms with Gasteiger partial charge < -0.3 is 14.8 Å². The number of benzene rings is 1. The molecule has 2 heterocycles. The molecule has 4 nitrogen and oxygen atoms in total. The fourth-order valence-electron chi connectivity index (χ4n) is 3.77. The summed E-state index contributed by atoms with van der Waals surface area (Å²) in [6.45, 7) is 2.57. The molecule has 1 aromatic carbocycles. The SMILES string of the molecule is CC(=O)N[C@@H]1C[C@H](c2cccc(C(F)(F)F)c2)OC2(CCOCC2)C1. The highest BCUT2D eigenvalue weighted by Crippen LogP contribution is 2.43. The van der Waals surface area contributed by atoms with Gasteiger partial charge in [0.25, 0.3) is 0 Å². The Kier molecular flexibility index (Phi) is 5.06. The maximum absolute atomic E-state index is 13.0. The first-order valence-electron chi connectivity index (χ1n) is 8.47. The van der Waals surface area contributed by atoms with Crippen LogP contribution in [0.5, 0.6) is 0 Å². The predicted octanol–water partition coefficient (Wildman–Crippen LogP) is 3.61. The quantitative estimate of drug-likeness (QED) is 0.880. The minimum Gasteiger partial charge on any atom is -0.381 e. The first kappa shape index (κ1) is 18.2. The van der Waals surface area contributed by atoms with Crippen LogP contribution < -0.4 is 5.32 Å². The van der Waals surface area contributed by atoms with E-state index in [4.69, 9.17) is 9.47 Å². The smallest absolute Gasteiger partial charge is 0.381 e. The Morgan fingerprint density at radius 1 is 1.28 bits per heavy atom. The Hall–Kier alpha value is -1.60. The molecule has 1 N–H and O–H groups in total. The van der Waals surface area contributed by atoms with Crippen LogP contribution in [0.3, 0.4) is 0 Å². The Labute approximate surface area is 144 Å². The fraction of sp³-hybridized carbons (Fsp3) is 0.611. The maximum Gasteiger partial charge on any atom is 0.416 e. The highest BCUT2D eigenvalue weighted by Gasteiger charge is 2.43. The molecular formula is C18H22F3NO3. The van der Waals surface area contributed by atoms with Crippen molar-refractivity contribution in [2.24, 2.45) is 0 Å². The third kappa shape index (κ3) is 4.33. The Morgan fingerprint density at radius 3 is 2.64 bits per heavy atom. The summed E-state index contributed by atoms with van der Waals surface area (Å²) in [5.41, 5.74) is -0.644. The number of alkyl halides is 3. The van der Waals surface area contributed by atoms with Crippen molar-refractivity contribution in [3.63, 3.8) is 0 Å². The number of hydrogen-bond acceptors (Lipinski definition) is 3. The molecule has 25 heavy (non-hydrogen) atoms. The molecule has 7 heteroatoms. The molecule has 2 atom stereocenters. The van der Waals surface area contributed by atoms with Gasteiger partial charge in [0.05, 0.1) is 17.3 Å². The zero-order valence-corrected chi connectivity index (χ0v) is 14.1. The molecule has 0 aromatic heterocycles. The van der Waals surface area contributed by atoms with Crippen LogP contribution >= 0.6 is 0 Å². The molecule has 2 fully saturated rings. The largest absolute Gasteiger partial charge is 0.416 e. The first-order valence-corrected chi connectivity index (χ1v) is 8.47. The van der Waals surface area contributed by atoms with E-state index in [0.29, 0.717) is 44.5 Å². The monoisotopic (exact) mass is 357 g/mol. The molecule has 1 amide bonds. The van der Waals surface area contributed by atoms with Gasteiger partial charge in [0.15, 0.2) is 0 Å². The van der Waals surface area contributed by atoms with Crippen LogP contribution in [0, 0.1) is 0 Å². The summed E-state index contributed by atoms with van der Waals surface area (Å²) in [6, 6.07) is 5.14. The van der Waals surface area contributed by atoms with Crippen LogP contribution in [0.4, 0.5) is 13.2 Å². The van der Waals surface area contributed by atoms with Crippen molar-refractivity contribution in [3.8, 4) is 0 Å². The van der Waals surface area contributed by atoms with E-state index in [9.17, 15) is 18.0 Å². The standard InChI is InChI=1S/C18H22F3NO3/c1-12(23)22-15-10-16(25-17(11-15)5-7-24-8-6-17)13-3-2-4-14(9-13)18(19,20)21/h2-4,9,15-16H,5-8,10-11H2,1H3,(H,22,23)/t15-,16-/m1/s1. The van der Waals surface area contributed by atoms with Gasteiger partial charge in [-0.05, 0) is 43.4 Å². The molecule has 0 radical (unpaired) electrons.